The second kappa shape index (κ2) is 10.0. The Hall–Kier alpha value is -2.89. The minimum atomic E-state index is -0.677. The molecule has 0 spiro atoms. The number of rotatable bonds is 8. The maximum absolute atomic E-state index is 13.1. The molecule has 3 unspecified atom stereocenters. The molecule has 1 fully saturated rings. The second-order valence-corrected chi connectivity index (χ2v) is 7.56. The number of nitrogens with zero attached hydrogens (tertiary/aromatic N) is 2. The number of hydrogen-bond donors (Lipinski definition) is 1. The molecule has 1 aliphatic heterocycles. The van der Waals surface area contributed by atoms with Gasteiger partial charge in [-0.15, -0.1) is 13.2 Å². The van der Waals surface area contributed by atoms with Crippen LogP contribution in [0.15, 0.2) is 49.6 Å². The van der Waals surface area contributed by atoms with Gasteiger partial charge in [0.1, 0.15) is 6.04 Å². The van der Waals surface area contributed by atoms with Crippen LogP contribution in [0.1, 0.15) is 36.9 Å². The predicted molar refractivity (Wildman–Crippen MR) is 114 cm³/mol. The molecule has 1 aliphatic rings. The normalized spacial score (nSPS) is 20.0. The number of nitrogens with one attached hydrogen (secondary N) is 1. The molecule has 0 aliphatic carbocycles. The van der Waals surface area contributed by atoms with E-state index in [-0.39, 0.29) is 23.8 Å². The Balaban J connectivity index is 2.18. The molecule has 0 aromatic heterocycles. The number of carbonyl (C=O) groups is 3. The fourth-order valence-corrected chi connectivity index (χ4v) is 3.75. The number of amides is 3. The minimum Gasteiger partial charge on any atom is -0.344 e. The minimum absolute atomic E-state index is 0.0203. The van der Waals surface area contributed by atoms with Crippen LogP contribution in [0.5, 0.6) is 0 Å². The molecule has 3 atom stereocenters. The fraction of sp³-hybridized carbons (Fsp3) is 0.435. The third-order valence-electron chi connectivity index (χ3n) is 5.36. The number of likely N-dealkylation sites (tertiary alicyclic amines) is 1. The van der Waals surface area contributed by atoms with Gasteiger partial charge in [-0.2, -0.15) is 0 Å². The Kier molecular flexibility index (Phi) is 7.76. The Morgan fingerprint density at radius 2 is 1.83 bits per heavy atom. The summed E-state index contributed by atoms with van der Waals surface area (Å²) in [6.07, 6.45) is 4.06. The lowest BCUT2D eigenvalue weighted by molar-refractivity contribution is -0.143. The van der Waals surface area contributed by atoms with E-state index in [1.807, 2.05) is 31.2 Å². The van der Waals surface area contributed by atoms with Crippen LogP contribution >= 0.6 is 0 Å². The highest BCUT2D eigenvalue weighted by molar-refractivity contribution is 5.90. The summed E-state index contributed by atoms with van der Waals surface area (Å²) in [4.78, 5) is 41.3. The zero-order valence-electron chi connectivity index (χ0n) is 17.6. The third-order valence-corrected chi connectivity index (χ3v) is 5.36. The molecule has 0 radical (unpaired) electrons. The van der Waals surface area contributed by atoms with Gasteiger partial charge < -0.3 is 15.1 Å². The van der Waals surface area contributed by atoms with Crippen LogP contribution in [0, 0.1) is 12.8 Å². The number of hydrogen-bond acceptors (Lipinski definition) is 3. The molecule has 1 aromatic rings. The van der Waals surface area contributed by atoms with Gasteiger partial charge in [-0.05, 0) is 25.8 Å². The second-order valence-electron chi connectivity index (χ2n) is 7.56. The highest BCUT2D eigenvalue weighted by Crippen LogP contribution is 2.36. The van der Waals surface area contributed by atoms with E-state index in [9.17, 15) is 14.4 Å². The largest absolute Gasteiger partial charge is 0.344 e. The highest BCUT2D eigenvalue weighted by Gasteiger charge is 2.39. The van der Waals surface area contributed by atoms with Crippen molar-refractivity contribution in [3.05, 3.63) is 60.7 Å². The zero-order valence-corrected chi connectivity index (χ0v) is 17.6. The van der Waals surface area contributed by atoms with Crippen molar-refractivity contribution >= 4 is 17.7 Å². The molecule has 6 heteroatoms. The van der Waals surface area contributed by atoms with Gasteiger partial charge in [-0.25, -0.2) is 0 Å². The van der Waals surface area contributed by atoms with Gasteiger partial charge in [0, 0.05) is 26.6 Å². The topological polar surface area (TPSA) is 69.7 Å². The molecule has 1 N–H and O–H groups in total. The van der Waals surface area contributed by atoms with Gasteiger partial charge in [0.2, 0.25) is 17.7 Å². The first-order valence-electron chi connectivity index (χ1n) is 9.93. The summed E-state index contributed by atoms with van der Waals surface area (Å²) in [5.41, 5.74) is 2.04. The maximum atomic E-state index is 13.1. The lowest BCUT2D eigenvalue weighted by atomic mass is 9.83. The van der Waals surface area contributed by atoms with Crippen LogP contribution in [-0.4, -0.2) is 53.7 Å². The zero-order chi connectivity index (χ0) is 21.6. The molecular formula is C23H31N3O3. The molecular weight excluding hydrogens is 366 g/mol. The lowest BCUT2D eigenvalue weighted by Crippen LogP contribution is -2.52. The van der Waals surface area contributed by atoms with Crippen LogP contribution in [0.4, 0.5) is 0 Å². The van der Waals surface area contributed by atoms with Crippen molar-refractivity contribution in [1.29, 1.82) is 0 Å². The van der Waals surface area contributed by atoms with E-state index in [2.05, 4.69) is 18.5 Å². The Morgan fingerprint density at radius 3 is 2.38 bits per heavy atom. The quantitative estimate of drug-likeness (QED) is 0.686. The van der Waals surface area contributed by atoms with Crippen LogP contribution in [-0.2, 0) is 14.4 Å². The molecule has 2 rings (SSSR count). The first-order chi connectivity index (χ1) is 13.8. The molecule has 0 bridgehead atoms. The average molecular weight is 398 g/mol. The summed E-state index contributed by atoms with van der Waals surface area (Å²) >= 11 is 0. The monoisotopic (exact) mass is 397 g/mol. The van der Waals surface area contributed by atoms with Gasteiger partial charge in [0.15, 0.2) is 0 Å². The summed E-state index contributed by atoms with van der Waals surface area (Å²) in [6, 6.07) is 6.85. The van der Waals surface area contributed by atoms with E-state index in [1.54, 1.807) is 35.9 Å². The van der Waals surface area contributed by atoms with Gasteiger partial charge >= 0.3 is 0 Å². The van der Waals surface area contributed by atoms with E-state index in [0.717, 1.165) is 11.1 Å². The maximum Gasteiger partial charge on any atom is 0.245 e. The van der Waals surface area contributed by atoms with Crippen LogP contribution in [0.3, 0.4) is 0 Å². The molecule has 3 amide bonds. The van der Waals surface area contributed by atoms with Crippen LogP contribution < -0.4 is 5.32 Å². The van der Waals surface area contributed by atoms with E-state index in [1.165, 1.54) is 0 Å². The molecule has 156 valence electrons. The fourth-order valence-electron chi connectivity index (χ4n) is 3.75. The SMILES string of the molecule is C=CCN(CC=C)C(=O)C(C)NC(=O)C1CCC(=O)N(C)C1c1ccc(C)cc1. The predicted octanol–water partition coefficient (Wildman–Crippen LogP) is 2.61. The van der Waals surface area contributed by atoms with Crippen molar-refractivity contribution in [3.63, 3.8) is 0 Å². The standard InChI is InChI=1S/C23H31N3O3/c1-6-14-26(15-7-2)23(29)17(4)24-22(28)19-12-13-20(27)25(5)21(19)18-10-8-16(3)9-11-18/h6-11,17,19,21H,1-2,12-15H2,3-5H3,(H,24,28). The molecule has 0 saturated carbocycles. The van der Waals surface area contributed by atoms with Gasteiger partial charge in [0.05, 0.1) is 12.0 Å². The number of benzene rings is 1. The summed E-state index contributed by atoms with van der Waals surface area (Å²) < 4.78 is 0. The first-order valence-corrected chi connectivity index (χ1v) is 9.93. The van der Waals surface area contributed by atoms with Crippen molar-refractivity contribution in [2.24, 2.45) is 5.92 Å². The lowest BCUT2D eigenvalue weighted by Gasteiger charge is -2.39. The summed E-state index contributed by atoms with van der Waals surface area (Å²) in [7, 11) is 1.73. The summed E-state index contributed by atoms with van der Waals surface area (Å²) in [5.74, 6) is -0.798. The number of aryl methyl sites for hydroxylation is 1. The van der Waals surface area contributed by atoms with Gasteiger partial charge in [0.25, 0.3) is 0 Å². The van der Waals surface area contributed by atoms with E-state index >= 15 is 0 Å². The summed E-state index contributed by atoms with van der Waals surface area (Å²) in [5, 5.41) is 2.86. The Morgan fingerprint density at radius 1 is 1.24 bits per heavy atom. The highest BCUT2D eigenvalue weighted by atomic mass is 16.2. The van der Waals surface area contributed by atoms with Crippen LogP contribution in [0.2, 0.25) is 0 Å². The number of piperidine rings is 1. The van der Waals surface area contributed by atoms with Crippen molar-refractivity contribution < 1.29 is 14.4 Å². The average Bonchev–Trinajstić information content (AvgIpc) is 2.70. The van der Waals surface area contributed by atoms with E-state index < -0.39 is 12.0 Å². The van der Waals surface area contributed by atoms with E-state index in [0.29, 0.717) is 25.9 Å². The van der Waals surface area contributed by atoms with E-state index in [4.69, 9.17) is 0 Å². The summed E-state index contributed by atoms with van der Waals surface area (Å²) in [6.45, 7) is 11.8. The molecule has 6 nitrogen and oxygen atoms in total. The van der Waals surface area contributed by atoms with Gasteiger partial charge in [-0.3, -0.25) is 14.4 Å². The Bertz CT molecular complexity index is 762. The van der Waals surface area contributed by atoms with Gasteiger partial charge in [-0.1, -0.05) is 42.0 Å². The van der Waals surface area contributed by atoms with Crippen molar-refractivity contribution in [2.45, 2.75) is 38.8 Å². The smallest absolute Gasteiger partial charge is 0.245 e. The molecule has 1 aromatic carbocycles. The molecule has 1 heterocycles. The number of carbonyl (C=O) groups excluding carboxylic acids is 3. The molecule has 1 saturated heterocycles. The Labute approximate surface area is 173 Å². The van der Waals surface area contributed by atoms with Crippen molar-refractivity contribution in [1.82, 2.24) is 15.1 Å². The van der Waals surface area contributed by atoms with Crippen LogP contribution in [0.25, 0.3) is 0 Å². The molecule has 29 heavy (non-hydrogen) atoms. The van der Waals surface area contributed by atoms with Crippen molar-refractivity contribution in [2.75, 3.05) is 20.1 Å². The first kappa shape index (κ1) is 22.4. The van der Waals surface area contributed by atoms with Crippen molar-refractivity contribution in [3.8, 4) is 0 Å². The third kappa shape index (κ3) is 5.34.